The fourth-order valence-corrected chi connectivity index (χ4v) is 3.08. The third-order valence-corrected chi connectivity index (χ3v) is 4.82. The van der Waals surface area contributed by atoms with Crippen molar-refractivity contribution >= 4 is 5.97 Å². The van der Waals surface area contributed by atoms with Gasteiger partial charge in [0, 0.05) is 0 Å². The van der Waals surface area contributed by atoms with Crippen molar-refractivity contribution in [2.45, 2.75) is 37.1 Å². The molecule has 1 aliphatic rings. The molecule has 1 fully saturated rings. The van der Waals surface area contributed by atoms with Crippen LogP contribution in [0.25, 0.3) is 11.1 Å². The molecule has 0 radical (unpaired) electrons. The maximum Gasteiger partial charge on any atom is 0.309 e. The van der Waals surface area contributed by atoms with Crippen molar-refractivity contribution in [3.8, 4) is 16.9 Å². The molecule has 0 aliphatic carbocycles. The van der Waals surface area contributed by atoms with Crippen LogP contribution in [0.4, 0.5) is 0 Å². The Morgan fingerprint density at radius 2 is 1.52 bits per heavy atom. The fraction of sp³-hybridized carbons (Fsp3) is 0.381. The Labute approximate surface area is 167 Å². The average molecular weight is 404 g/mol. The predicted molar refractivity (Wildman–Crippen MR) is 102 cm³/mol. The van der Waals surface area contributed by atoms with Gasteiger partial charge < -0.3 is 34.6 Å². The first-order valence-corrected chi connectivity index (χ1v) is 9.16. The van der Waals surface area contributed by atoms with E-state index in [0.29, 0.717) is 5.75 Å². The van der Waals surface area contributed by atoms with Gasteiger partial charge in [-0.1, -0.05) is 36.4 Å². The average Bonchev–Trinajstić information content (AvgIpc) is 2.75. The fourth-order valence-electron chi connectivity index (χ4n) is 3.08. The largest absolute Gasteiger partial charge is 0.469 e. The smallest absolute Gasteiger partial charge is 0.309 e. The van der Waals surface area contributed by atoms with Crippen molar-refractivity contribution in [1.82, 2.24) is 0 Å². The van der Waals surface area contributed by atoms with Crippen molar-refractivity contribution in [2.75, 3.05) is 13.7 Å². The van der Waals surface area contributed by atoms with Crippen LogP contribution in [0.2, 0.25) is 0 Å². The summed E-state index contributed by atoms with van der Waals surface area (Å²) >= 11 is 0. The molecule has 1 saturated heterocycles. The van der Waals surface area contributed by atoms with Crippen LogP contribution in [0, 0.1) is 0 Å². The first-order valence-electron chi connectivity index (χ1n) is 9.16. The van der Waals surface area contributed by atoms with Crippen LogP contribution in [0.3, 0.4) is 0 Å². The van der Waals surface area contributed by atoms with Crippen LogP contribution < -0.4 is 4.74 Å². The van der Waals surface area contributed by atoms with Crippen molar-refractivity contribution in [1.29, 1.82) is 0 Å². The number of carbonyl (C=O) groups is 1. The molecule has 2 aromatic carbocycles. The van der Waals surface area contributed by atoms with Crippen LogP contribution >= 0.6 is 0 Å². The van der Waals surface area contributed by atoms with Gasteiger partial charge in [-0.2, -0.15) is 0 Å². The lowest BCUT2D eigenvalue weighted by atomic mass is 9.99. The molecule has 0 bridgehead atoms. The second-order valence-corrected chi connectivity index (χ2v) is 6.79. The van der Waals surface area contributed by atoms with Gasteiger partial charge >= 0.3 is 5.97 Å². The standard InChI is InChI=1S/C21H24O8/c1-27-17(23)10-12-2-4-13(5-3-12)14-6-8-15(9-7-14)28-21-20(26)19(25)18(24)16(11-22)29-21/h2-9,16,18-22,24-26H,10-11H2,1H3/t16-,18-,19+,20+,21+/m1/s1. The van der Waals surface area contributed by atoms with Crippen molar-refractivity contribution in [3.05, 3.63) is 54.1 Å². The number of aliphatic hydroxyl groups is 4. The topological polar surface area (TPSA) is 126 Å². The first kappa shape index (κ1) is 21.2. The van der Waals surface area contributed by atoms with Gasteiger partial charge in [0.2, 0.25) is 6.29 Å². The molecule has 0 amide bonds. The molecular formula is C21H24O8. The molecule has 2 aromatic rings. The zero-order valence-electron chi connectivity index (χ0n) is 15.8. The van der Waals surface area contributed by atoms with E-state index in [9.17, 15) is 25.2 Å². The minimum absolute atomic E-state index is 0.211. The zero-order chi connectivity index (χ0) is 21.0. The molecule has 4 N–H and O–H groups in total. The van der Waals surface area contributed by atoms with Gasteiger partial charge in [0.05, 0.1) is 20.1 Å². The highest BCUT2D eigenvalue weighted by Gasteiger charge is 2.44. The molecule has 5 atom stereocenters. The highest BCUT2D eigenvalue weighted by molar-refractivity contribution is 5.73. The van der Waals surface area contributed by atoms with Crippen LogP contribution in [0.1, 0.15) is 5.56 Å². The summed E-state index contributed by atoms with van der Waals surface area (Å²) in [5.74, 6) is 0.0906. The summed E-state index contributed by atoms with van der Waals surface area (Å²) in [7, 11) is 1.35. The van der Waals surface area contributed by atoms with E-state index in [0.717, 1.165) is 16.7 Å². The quantitative estimate of drug-likeness (QED) is 0.505. The second-order valence-electron chi connectivity index (χ2n) is 6.79. The molecule has 8 nitrogen and oxygen atoms in total. The van der Waals surface area contributed by atoms with E-state index in [1.54, 1.807) is 12.1 Å². The molecule has 1 heterocycles. The molecule has 0 saturated carbocycles. The van der Waals surface area contributed by atoms with Gasteiger partial charge in [-0.15, -0.1) is 0 Å². The Balaban J connectivity index is 1.66. The minimum atomic E-state index is -1.49. The van der Waals surface area contributed by atoms with Gasteiger partial charge in [-0.3, -0.25) is 4.79 Å². The van der Waals surface area contributed by atoms with E-state index >= 15 is 0 Å². The van der Waals surface area contributed by atoms with E-state index in [1.165, 1.54) is 7.11 Å². The summed E-state index contributed by atoms with van der Waals surface area (Å²) in [5.41, 5.74) is 2.71. The lowest BCUT2D eigenvalue weighted by molar-refractivity contribution is -0.277. The number of benzene rings is 2. The maximum absolute atomic E-state index is 11.3. The normalized spacial score (nSPS) is 26.7. The number of rotatable bonds is 6. The van der Waals surface area contributed by atoms with Gasteiger partial charge in [-0.25, -0.2) is 0 Å². The van der Waals surface area contributed by atoms with Crippen LogP contribution in [0.15, 0.2) is 48.5 Å². The minimum Gasteiger partial charge on any atom is -0.469 e. The van der Waals surface area contributed by atoms with Gasteiger partial charge in [0.15, 0.2) is 0 Å². The molecule has 0 unspecified atom stereocenters. The summed E-state index contributed by atoms with van der Waals surface area (Å²) < 4.78 is 15.6. The SMILES string of the molecule is COC(=O)Cc1ccc(-c2ccc(O[C@H]3O[C@H](CO)[C@@H](O)[C@H](O)[C@@H]3O)cc2)cc1. The Morgan fingerprint density at radius 3 is 2.07 bits per heavy atom. The third kappa shape index (κ3) is 4.92. The Hall–Kier alpha value is -2.49. The summed E-state index contributed by atoms with van der Waals surface area (Å²) in [6.07, 6.45) is -6.43. The Morgan fingerprint density at radius 1 is 0.931 bits per heavy atom. The first-order chi connectivity index (χ1) is 13.9. The molecular weight excluding hydrogens is 380 g/mol. The monoisotopic (exact) mass is 404 g/mol. The maximum atomic E-state index is 11.3. The molecule has 1 aliphatic heterocycles. The molecule has 0 aromatic heterocycles. The lowest BCUT2D eigenvalue weighted by Crippen LogP contribution is -2.60. The van der Waals surface area contributed by atoms with E-state index in [1.807, 2.05) is 36.4 Å². The number of hydrogen-bond acceptors (Lipinski definition) is 8. The van der Waals surface area contributed by atoms with Gasteiger partial charge in [-0.05, 0) is 28.8 Å². The molecule has 3 rings (SSSR count). The van der Waals surface area contributed by atoms with Crippen LogP contribution in [0.5, 0.6) is 5.75 Å². The third-order valence-electron chi connectivity index (χ3n) is 4.82. The molecule has 156 valence electrons. The molecule has 8 heteroatoms. The van der Waals surface area contributed by atoms with E-state index < -0.39 is 37.3 Å². The highest BCUT2D eigenvalue weighted by atomic mass is 16.7. The highest BCUT2D eigenvalue weighted by Crippen LogP contribution is 2.27. The van der Waals surface area contributed by atoms with Gasteiger partial charge in [0.1, 0.15) is 30.2 Å². The lowest BCUT2D eigenvalue weighted by Gasteiger charge is -2.39. The van der Waals surface area contributed by atoms with E-state index in [4.69, 9.17) is 9.47 Å². The zero-order valence-corrected chi connectivity index (χ0v) is 15.8. The summed E-state index contributed by atoms with van der Waals surface area (Å²) in [5, 5.41) is 38.9. The number of aliphatic hydroxyl groups excluding tert-OH is 4. The predicted octanol–water partition coefficient (Wildman–Crippen LogP) is 0.248. The Kier molecular flexibility index (Phi) is 6.83. The number of esters is 1. The van der Waals surface area contributed by atoms with Crippen molar-refractivity contribution in [2.24, 2.45) is 0 Å². The number of hydrogen-bond donors (Lipinski definition) is 4. The summed E-state index contributed by atoms with van der Waals surface area (Å²) in [4.78, 5) is 11.3. The van der Waals surface area contributed by atoms with Crippen LogP contribution in [-0.4, -0.2) is 70.8 Å². The number of ether oxygens (including phenoxy) is 3. The van der Waals surface area contributed by atoms with Gasteiger partial charge in [0.25, 0.3) is 0 Å². The van der Waals surface area contributed by atoms with Crippen molar-refractivity contribution < 1.29 is 39.4 Å². The molecule has 29 heavy (non-hydrogen) atoms. The Bertz CT molecular complexity index is 802. The van der Waals surface area contributed by atoms with E-state index in [-0.39, 0.29) is 12.4 Å². The van der Waals surface area contributed by atoms with E-state index in [2.05, 4.69) is 4.74 Å². The summed E-state index contributed by atoms with van der Waals surface area (Å²) in [6, 6.07) is 14.5. The second kappa shape index (κ2) is 9.34. The van der Waals surface area contributed by atoms with Crippen LogP contribution in [-0.2, 0) is 20.7 Å². The summed E-state index contributed by atoms with van der Waals surface area (Å²) in [6.45, 7) is -0.518. The number of methoxy groups -OCH3 is 1. The molecule has 0 spiro atoms. The van der Waals surface area contributed by atoms with Crippen molar-refractivity contribution in [3.63, 3.8) is 0 Å². The number of carbonyl (C=O) groups excluding carboxylic acids is 1.